The van der Waals surface area contributed by atoms with Crippen LogP contribution in [0.2, 0.25) is 5.02 Å². The van der Waals surface area contributed by atoms with E-state index in [1.54, 1.807) is 11.3 Å². The van der Waals surface area contributed by atoms with Crippen LogP contribution in [-0.4, -0.2) is 12.0 Å². The number of rotatable bonds is 4. The monoisotopic (exact) mass is 322 g/mol. The second kappa shape index (κ2) is 6.47. The van der Waals surface area contributed by atoms with Crippen LogP contribution in [0.1, 0.15) is 48.6 Å². The molecule has 1 aromatic heterocycles. The van der Waals surface area contributed by atoms with Crippen molar-refractivity contribution >= 4 is 22.9 Å². The highest BCUT2D eigenvalue weighted by atomic mass is 35.5. The molecule has 2 nitrogen and oxygen atoms in total. The van der Waals surface area contributed by atoms with Crippen LogP contribution in [0.25, 0.3) is 0 Å². The van der Waals surface area contributed by atoms with Gasteiger partial charge in [-0.2, -0.15) is 0 Å². The molecule has 1 aromatic carbocycles. The molecule has 0 saturated heterocycles. The summed E-state index contributed by atoms with van der Waals surface area (Å²) in [5.74, 6) is 0. The molecule has 0 aliphatic carbocycles. The summed E-state index contributed by atoms with van der Waals surface area (Å²) in [4.78, 5) is 4.78. The van der Waals surface area contributed by atoms with Crippen molar-refractivity contribution in [3.63, 3.8) is 0 Å². The third kappa shape index (κ3) is 3.85. The van der Waals surface area contributed by atoms with Crippen molar-refractivity contribution < 1.29 is 0 Å². The normalized spacial score (nSPS) is 13.4. The van der Waals surface area contributed by atoms with Gasteiger partial charge in [-0.15, -0.1) is 11.3 Å². The zero-order valence-electron chi connectivity index (χ0n) is 13.3. The van der Waals surface area contributed by atoms with Crippen LogP contribution in [0.15, 0.2) is 23.6 Å². The van der Waals surface area contributed by atoms with Gasteiger partial charge in [0.2, 0.25) is 0 Å². The van der Waals surface area contributed by atoms with Crippen molar-refractivity contribution in [1.82, 2.24) is 10.3 Å². The molecule has 2 aromatic rings. The van der Waals surface area contributed by atoms with Gasteiger partial charge in [-0.1, -0.05) is 50.6 Å². The van der Waals surface area contributed by atoms with E-state index in [0.717, 1.165) is 33.3 Å². The maximum Gasteiger partial charge on any atom is 0.0947 e. The molecule has 1 atom stereocenters. The Kier molecular flexibility index (Phi) is 5.07. The second-order valence-corrected chi connectivity index (χ2v) is 7.72. The average Bonchev–Trinajstić information content (AvgIpc) is 2.88. The number of nitrogens with one attached hydrogen (secondary N) is 1. The molecular weight excluding hydrogens is 300 g/mol. The highest BCUT2D eigenvalue weighted by Crippen LogP contribution is 2.30. The first-order chi connectivity index (χ1) is 9.82. The number of aryl methyl sites for hydroxylation is 1. The molecule has 0 aliphatic rings. The number of halogens is 1. The molecule has 0 fully saturated rings. The van der Waals surface area contributed by atoms with E-state index in [4.69, 9.17) is 16.6 Å². The number of likely N-dealkylation sites (N-methyl/N-ethyl adjacent to an activating group) is 1. The van der Waals surface area contributed by atoms with Gasteiger partial charge in [-0.05, 0) is 25.1 Å². The molecule has 21 heavy (non-hydrogen) atoms. The average molecular weight is 323 g/mol. The summed E-state index contributed by atoms with van der Waals surface area (Å²) in [6.45, 7) is 8.62. The fourth-order valence-corrected chi connectivity index (χ4v) is 3.56. The van der Waals surface area contributed by atoms with Crippen LogP contribution >= 0.6 is 22.9 Å². The van der Waals surface area contributed by atoms with E-state index in [0.29, 0.717) is 0 Å². The third-order valence-electron chi connectivity index (χ3n) is 3.64. The van der Waals surface area contributed by atoms with Crippen molar-refractivity contribution in [2.45, 2.75) is 45.6 Å². The fourth-order valence-electron chi connectivity index (χ4n) is 2.23. The number of benzene rings is 1. The molecule has 0 radical (unpaired) electrons. The predicted octanol–water partition coefficient (Wildman–Crippen LogP) is 4.91. The van der Waals surface area contributed by atoms with Crippen LogP contribution < -0.4 is 5.32 Å². The Hall–Kier alpha value is -0.900. The highest BCUT2D eigenvalue weighted by Gasteiger charge is 2.20. The molecule has 1 N–H and O–H groups in total. The van der Waals surface area contributed by atoms with Gasteiger partial charge in [-0.3, -0.25) is 0 Å². The second-order valence-electron chi connectivity index (χ2n) is 6.40. The zero-order chi connectivity index (χ0) is 15.6. The van der Waals surface area contributed by atoms with E-state index >= 15 is 0 Å². The van der Waals surface area contributed by atoms with Crippen LogP contribution in [0, 0.1) is 6.92 Å². The molecule has 114 valence electrons. The Balaban J connectivity index is 2.23. The van der Waals surface area contributed by atoms with Gasteiger partial charge in [0.05, 0.1) is 10.7 Å². The smallest absolute Gasteiger partial charge is 0.0947 e. The largest absolute Gasteiger partial charge is 0.313 e. The van der Waals surface area contributed by atoms with Crippen molar-refractivity contribution in [2.75, 3.05) is 7.05 Å². The van der Waals surface area contributed by atoms with Gasteiger partial charge >= 0.3 is 0 Å². The summed E-state index contributed by atoms with van der Waals surface area (Å²) >= 11 is 8.18. The van der Waals surface area contributed by atoms with Gasteiger partial charge in [0, 0.05) is 28.3 Å². The number of hydrogen-bond donors (Lipinski definition) is 1. The summed E-state index contributed by atoms with van der Waals surface area (Å²) in [5, 5.41) is 7.53. The summed E-state index contributed by atoms with van der Waals surface area (Å²) < 4.78 is 0. The van der Waals surface area contributed by atoms with Gasteiger partial charge in [-0.25, -0.2) is 4.98 Å². The first kappa shape index (κ1) is 16.5. The summed E-state index contributed by atoms with van der Waals surface area (Å²) in [7, 11) is 1.97. The van der Waals surface area contributed by atoms with Gasteiger partial charge in [0.15, 0.2) is 0 Å². The van der Waals surface area contributed by atoms with E-state index < -0.39 is 0 Å². The van der Waals surface area contributed by atoms with E-state index in [1.807, 2.05) is 20.0 Å². The molecule has 1 unspecified atom stereocenters. The number of hydrogen-bond acceptors (Lipinski definition) is 3. The predicted molar refractivity (Wildman–Crippen MR) is 92.5 cm³/mol. The summed E-state index contributed by atoms with van der Waals surface area (Å²) in [6.07, 6.45) is 0.862. The van der Waals surface area contributed by atoms with Gasteiger partial charge in [0.1, 0.15) is 0 Å². The Morgan fingerprint density at radius 3 is 2.62 bits per heavy atom. The van der Waals surface area contributed by atoms with Crippen LogP contribution in [0.3, 0.4) is 0 Å². The lowest BCUT2D eigenvalue weighted by Gasteiger charge is -2.18. The molecule has 0 spiro atoms. The lowest BCUT2D eigenvalue weighted by atomic mass is 9.93. The molecular formula is C17H23ClN2S. The van der Waals surface area contributed by atoms with Gasteiger partial charge in [0.25, 0.3) is 0 Å². The van der Waals surface area contributed by atoms with Crippen LogP contribution in [0.4, 0.5) is 0 Å². The molecule has 2 rings (SSSR count). The van der Waals surface area contributed by atoms with E-state index in [9.17, 15) is 0 Å². The first-order valence-electron chi connectivity index (χ1n) is 7.20. The minimum atomic E-state index is 0.102. The minimum absolute atomic E-state index is 0.102. The van der Waals surface area contributed by atoms with Crippen molar-refractivity contribution in [3.8, 4) is 0 Å². The van der Waals surface area contributed by atoms with E-state index in [-0.39, 0.29) is 11.5 Å². The van der Waals surface area contributed by atoms with Crippen molar-refractivity contribution in [2.24, 2.45) is 0 Å². The van der Waals surface area contributed by atoms with Crippen molar-refractivity contribution in [1.29, 1.82) is 0 Å². The highest BCUT2D eigenvalue weighted by molar-refractivity contribution is 7.09. The molecule has 0 bridgehead atoms. The Morgan fingerprint density at radius 1 is 1.33 bits per heavy atom. The SMILES string of the molecule is CNC(Cc1nc(C(C)(C)C)cs1)c1cccc(C)c1Cl. The minimum Gasteiger partial charge on any atom is -0.313 e. The van der Waals surface area contributed by atoms with E-state index in [2.05, 4.69) is 43.6 Å². The Labute approximate surface area is 136 Å². The zero-order valence-corrected chi connectivity index (χ0v) is 14.9. The van der Waals surface area contributed by atoms with Gasteiger partial charge < -0.3 is 5.32 Å². The number of aromatic nitrogens is 1. The van der Waals surface area contributed by atoms with Crippen LogP contribution in [0.5, 0.6) is 0 Å². The van der Waals surface area contributed by atoms with Crippen LogP contribution in [-0.2, 0) is 11.8 Å². The number of thiazole rings is 1. The summed E-state index contributed by atoms with van der Waals surface area (Å²) in [6, 6.07) is 6.38. The molecule has 0 saturated carbocycles. The van der Waals surface area contributed by atoms with Crippen molar-refractivity contribution in [3.05, 3.63) is 50.4 Å². The Morgan fingerprint density at radius 2 is 2.05 bits per heavy atom. The Bertz CT molecular complexity index is 613. The van der Waals surface area contributed by atoms with E-state index in [1.165, 1.54) is 0 Å². The third-order valence-corrected chi connectivity index (χ3v) is 5.03. The molecule has 0 aliphatic heterocycles. The lowest BCUT2D eigenvalue weighted by molar-refractivity contribution is 0.560. The number of nitrogens with zero attached hydrogens (tertiary/aromatic N) is 1. The molecule has 0 amide bonds. The fraction of sp³-hybridized carbons (Fsp3) is 0.471. The quantitative estimate of drug-likeness (QED) is 0.865. The maximum absolute atomic E-state index is 6.45. The lowest BCUT2D eigenvalue weighted by Crippen LogP contribution is -2.19. The topological polar surface area (TPSA) is 24.9 Å². The maximum atomic E-state index is 6.45. The first-order valence-corrected chi connectivity index (χ1v) is 8.46. The summed E-state index contributed by atoms with van der Waals surface area (Å²) in [5.41, 5.74) is 3.52. The molecule has 4 heteroatoms. The standard InChI is InChI=1S/C17H23ClN2S/c1-11-7-6-8-12(16(11)18)13(19-5)9-15-20-14(10-21-15)17(2,3)4/h6-8,10,13,19H,9H2,1-5H3. The molecule has 1 heterocycles.